The number of fused-ring (bicyclic) bond motifs is 3. The Morgan fingerprint density at radius 3 is 2.62 bits per heavy atom. The SMILES string of the molecule is [2H]c1nc2c3c(cc(C(C)C)cc3c1[2H])Sc1c-2cc2ccccc2c1CC(C)(C)C. The van der Waals surface area contributed by atoms with Gasteiger partial charge in [0, 0.05) is 26.9 Å². The molecule has 0 aliphatic carbocycles. The van der Waals surface area contributed by atoms with Crippen molar-refractivity contribution >= 4 is 33.3 Å². The number of aromatic nitrogens is 1. The molecule has 3 aromatic carbocycles. The molecule has 0 N–H and O–H groups in total. The van der Waals surface area contributed by atoms with E-state index < -0.39 is 0 Å². The molecule has 2 heteroatoms. The highest BCUT2D eigenvalue weighted by Gasteiger charge is 2.27. The van der Waals surface area contributed by atoms with Crippen molar-refractivity contribution in [2.75, 3.05) is 0 Å². The maximum atomic E-state index is 8.53. The lowest BCUT2D eigenvalue weighted by atomic mass is 9.84. The highest BCUT2D eigenvalue weighted by atomic mass is 32.2. The van der Waals surface area contributed by atoms with Crippen molar-refractivity contribution in [1.29, 1.82) is 0 Å². The number of hydrogen-bond donors (Lipinski definition) is 0. The molecule has 0 saturated carbocycles. The van der Waals surface area contributed by atoms with Crippen LogP contribution in [0.3, 0.4) is 0 Å². The first-order valence-corrected chi connectivity index (χ1v) is 11.1. The highest BCUT2D eigenvalue weighted by Crippen LogP contribution is 2.51. The molecule has 0 atom stereocenters. The topological polar surface area (TPSA) is 12.9 Å². The molecule has 0 radical (unpaired) electrons. The van der Waals surface area contributed by atoms with Crippen LogP contribution in [-0.2, 0) is 6.42 Å². The third kappa shape index (κ3) is 3.14. The fourth-order valence-electron chi connectivity index (χ4n) is 4.30. The summed E-state index contributed by atoms with van der Waals surface area (Å²) < 4.78 is 16.9. The summed E-state index contributed by atoms with van der Waals surface area (Å²) in [6, 6.07) is 15.4. The molecule has 2 heterocycles. The third-order valence-corrected chi connectivity index (χ3v) is 6.88. The van der Waals surface area contributed by atoms with Gasteiger partial charge in [0.25, 0.3) is 0 Å². The van der Waals surface area contributed by atoms with Crippen LogP contribution in [0.1, 0.15) is 54.4 Å². The Morgan fingerprint density at radius 2 is 1.86 bits per heavy atom. The second-order valence-corrected chi connectivity index (χ2v) is 10.6. The summed E-state index contributed by atoms with van der Waals surface area (Å²) in [4.78, 5) is 7.08. The Balaban J connectivity index is 1.92. The van der Waals surface area contributed by atoms with E-state index in [2.05, 4.69) is 82.1 Å². The molecule has 0 spiro atoms. The molecule has 1 aliphatic heterocycles. The number of rotatable bonds is 2. The van der Waals surface area contributed by atoms with E-state index in [0.29, 0.717) is 5.92 Å². The van der Waals surface area contributed by atoms with Gasteiger partial charge in [-0.2, -0.15) is 0 Å². The second-order valence-electron chi connectivity index (χ2n) is 9.59. The van der Waals surface area contributed by atoms with Gasteiger partial charge in [-0.15, -0.1) is 0 Å². The van der Waals surface area contributed by atoms with Gasteiger partial charge in [-0.3, -0.25) is 4.98 Å². The molecule has 5 rings (SSSR count). The monoisotopic (exact) mass is 399 g/mol. The first-order chi connectivity index (χ1) is 14.6. The van der Waals surface area contributed by atoms with Crippen LogP contribution in [0.15, 0.2) is 64.5 Å². The van der Waals surface area contributed by atoms with Crippen molar-refractivity contribution in [1.82, 2.24) is 4.98 Å². The van der Waals surface area contributed by atoms with E-state index in [0.717, 1.165) is 33.3 Å². The molecule has 0 saturated heterocycles. The fourth-order valence-corrected chi connectivity index (χ4v) is 5.59. The molecule has 146 valence electrons. The molecule has 1 nitrogen and oxygen atoms in total. The highest BCUT2D eigenvalue weighted by molar-refractivity contribution is 7.99. The van der Waals surface area contributed by atoms with Gasteiger partial charge in [-0.05, 0) is 63.2 Å². The Morgan fingerprint density at radius 1 is 1.07 bits per heavy atom. The van der Waals surface area contributed by atoms with Gasteiger partial charge in [0.05, 0.1) is 8.44 Å². The van der Waals surface area contributed by atoms with Gasteiger partial charge in [0.2, 0.25) is 0 Å². The lowest BCUT2D eigenvalue weighted by Gasteiger charge is -2.27. The van der Waals surface area contributed by atoms with Crippen molar-refractivity contribution in [3.63, 3.8) is 0 Å². The number of pyridine rings is 1. The minimum Gasteiger partial charge on any atom is -0.256 e. The Hall–Kier alpha value is -2.32. The van der Waals surface area contributed by atoms with Crippen LogP contribution in [0, 0.1) is 5.41 Å². The van der Waals surface area contributed by atoms with E-state index in [1.807, 2.05) is 11.8 Å². The van der Waals surface area contributed by atoms with Gasteiger partial charge >= 0.3 is 0 Å². The van der Waals surface area contributed by atoms with Crippen LogP contribution in [0.2, 0.25) is 0 Å². The summed E-state index contributed by atoms with van der Waals surface area (Å²) in [6.45, 7) is 11.2. The van der Waals surface area contributed by atoms with Crippen LogP contribution >= 0.6 is 11.8 Å². The van der Waals surface area contributed by atoms with E-state index in [1.165, 1.54) is 26.8 Å². The van der Waals surface area contributed by atoms with Crippen LogP contribution in [0.5, 0.6) is 0 Å². The summed E-state index contributed by atoms with van der Waals surface area (Å²) in [6.07, 6.45) is 1.02. The van der Waals surface area contributed by atoms with Crippen LogP contribution in [0.4, 0.5) is 0 Å². The van der Waals surface area contributed by atoms with Crippen molar-refractivity contribution in [3.8, 4) is 11.3 Å². The molecule has 1 aromatic heterocycles. The Bertz CT molecular complexity index is 1370. The second kappa shape index (κ2) is 6.60. The molecule has 0 fully saturated rings. The fraction of sp³-hybridized carbons (Fsp3) is 0.296. The molecule has 4 aromatic rings. The number of benzene rings is 3. The van der Waals surface area contributed by atoms with Gasteiger partial charge in [0.15, 0.2) is 0 Å². The van der Waals surface area contributed by atoms with Crippen molar-refractivity contribution < 1.29 is 2.74 Å². The normalized spacial score (nSPS) is 14.3. The average Bonchev–Trinajstić information content (AvgIpc) is 2.70. The van der Waals surface area contributed by atoms with Gasteiger partial charge < -0.3 is 0 Å². The molecular formula is C27H27NS. The zero-order valence-corrected chi connectivity index (χ0v) is 18.5. The van der Waals surface area contributed by atoms with Crippen LogP contribution < -0.4 is 0 Å². The average molecular weight is 400 g/mol. The summed E-state index contributed by atoms with van der Waals surface area (Å²) in [7, 11) is 0. The Labute approximate surface area is 180 Å². The summed E-state index contributed by atoms with van der Waals surface area (Å²) in [5.41, 5.74) is 4.68. The van der Waals surface area contributed by atoms with E-state index in [1.54, 1.807) is 0 Å². The van der Waals surface area contributed by atoms with E-state index in [-0.39, 0.29) is 17.6 Å². The molecule has 0 unspecified atom stereocenters. The lowest BCUT2D eigenvalue weighted by Crippen LogP contribution is -2.12. The number of nitrogens with zero attached hydrogens (tertiary/aromatic N) is 1. The summed E-state index contributed by atoms with van der Waals surface area (Å²) in [5.74, 6) is 0.360. The third-order valence-electron chi connectivity index (χ3n) is 5.66. The molecule has 0 bridgehead atoms. The minimum atomic E-state index is 0.0535. The van der Waals surface area contributed by atoms with Crippen molar-refractivity contribution in [2.24, 2.45) is 5.41 Å². The predicted octanol–water partition coefficient (Wildman–Crippen LogP) is 8.23. The predicted molar refractivity (Wildman–Crippen MR) is 126 cm³/mol. The zero-order chi connectivity index (χ0) is 22.1. The first kappa shape index (κ1) is 16.5. The maximum Gasteiger partial charge on any atom is 0.0840 e. The van der Waals surface area contributed by atoms with Crippen LogP contribution in [0.25, 0.3) is 32.8 Å². The van der Waals surface area contributed by atoms with E-state index >= 15 is 0 Å². The smallest absolute Gasteiger partial charge is 0.0840 e. The maximum absolute atomic E-state index is 8.53. The first-order valence-electron chi connectivity index (χ1n) is 11.3. The quantitative estimate of drug-likeness (QED) is 0.296. The molecule has 0 amide bonds. The standard InChI is InChI=1S/C27H27NS/c1-16(2)19-12-18-10-11-28-25-21-13-17-8-6-7-9-20(17)22(15-27(3,4)5)26(21)29-23(14-19)24(18)25/h6-14,16H,15H2,1-5H3/i10D,11D. The molecule has 1 aliphatic rings. The largest absolute Gasteiger partial charge is 0.256 e. The Kier molecular flexibility index (Phi) is 3.75. The lowest BCUT2D eigenvalue weighted by molar-refractivity contribution is 0.410. The van der Waals surface area contributed by atoms with E-state index in [4.69, 9.17) is 2.74 Å². The van der Waals surface area contributed by atoms with Crippen molar-refractivity contribution in [2.45, 2.75) is 56.7 Å². The van der Waals surface area contributed by atoms with Gasteiger partial charge in [0.1, 0.15) is 0 Å². The van der Waals surface area contributed by atoms with E-state index in [9.17, 15) is 0 Å². The summed E-state index contributed by atoms with van der Waals surface area (Å²) in [5, 5.41) is 4.38. The molecule has 29 heavy (non-hydrogen) atoms. The van der Waals surface area contributed by atoms with Crippen molar-refractivity contribution in [3.05, 3.63) is 65.8 Å². The van der Waals surface area contributed by atoms with Gasteiger partial charge in [-0.1, -0.05) is 76.7 Å². The zero-order valence-electron chi connectivity index (χ0n) is 19.7. The molecular weight excluding hydrogens is 370 g/mol. The number of hydrogen-bond acceptors (Lipinski definition) is 2. The minimum absolute atomic E-state index is 0.0535. The van der Waals surface area contributed by atoms with Gasteiger partial charge in [-0.25, -0.2) is 0 Å². The van der Waals surface area contributed by atoms with Crippen LogP contribution in [-0.4, -0.2) is 4.98 Å². The summed E-state index contributed by atoms with van der Waals surface area (Å²) >= 11 is 1.82.